The molecule has 0 spiro atoms. The lowest BCUT2D eigenvalue weighted by molar-refractivity contribution is -0.119. The highest BCUT2D eigenvalue weighted by molar-refractivity contribution is 5.75. The van der Waals surface area contributed by atoms with Crippen LogP contribution in [0.4, 0.5) is 0 Å². The van der Waals surface area contributed by atoms with Gasteiger partial charge in [0.15, 0.2) is 0 Å². The van der Waals surface area contributed by atoms with Gasteiger partial charge in [-0.1, -0.05) is 48.8 Å². The minimum Gasteiger partial charge on any atom is -0.369 e. The van der Waals surface area contributed by atoms with Gasteiger partial charge in [0.05, 0.1) is 13.1 Å². The number of hydrogen-bond acceptors (Lipinski definition) is 5. The van der Waals surface area contributed by atoms with E-state index in [9.17, 15) is 4.79 Å². The van der Waals surface area contributed by atoms with E-state index in [1.807, 2.05) is 36.1 Å². The quantitative estimate of drug-likeness (QED) is 0.845. The average Bonchev–Trinajstić information content (AvgIpc) is 2.86. The number of amides is 1. The van der Waals surface area contributed by atoms with Crippen molar-refractivity contribution >= 4 is 5.91 Å². The second-order valence-electron chi connectivity index (χ2n) is 5.91. The predicted octanol–water partition coefficient (Wildman–Crippen LogP) is 1.99. The molecule has 118 valence electrons. The van der Waals surface area contributed by atoms with Crippen LogP contribution in [0.25, 0.3) is 11.4 Å². The topological polar surface area (TPSA) is 85.3 Å². The van der Waals surface area contributed by atoms with Crippen molar-refractivity contribution in [2.24, 2.45) is 11.7 Å². The maximum absolute atomic E-state index is 11.2. The van der Waals surface area contributed by atoms with Gasteiger partial charge >= 0.3 is 0 Å². The zero-order chi connectivity index (χ0) is 16.1. The summed E-state index contributed by atoms with van der Waals surface area (Å²) < 4.78 is 5.29. The van der Waals surface area contributed by atoms with Gasteiger partial charge < -0.3 is 10.3 Å². The Morgan fingerprint density at radius 2 is 2.00 bits per heavy atom. The number of aryl methyl sites for hydroxylation is 1. The molecule has 2 N–H and O–H groups in total. The van der Waals surface area contributed by atoms with Gasteiger partial charge in [0.1, 0.15) is 0 Å². The number of hydrogen-bond donors (Lipinski definition) is 1. The molecule has 0 atom stereocenters. The third-order valence-electron chi connectivity index (χ3n) is 3.14. The van der Waals surface area contributed by atoms with Crippen molar-refractivity contribution in [3.63, 3.8) is 0 Å². The van der Waals surface area contributed by atoms with Crippen LogP contribution < -0.4 is 5.73 Å². The van der Waals surface area contributed by atoms with Crippen molar-refractivity contribution in [2.45, 2.75) is 27.3 Å². The van der Waals surface area contributed by atoms with Crippen LogP contribution in [-0.4, -0.2) is 34.0 Å². The molecule has 2 rings (SSSR count). The summed E-state index contributed by atoms with van der Waals surface area (Å²) in [5.74, 6) is 1.09. The van der Waals surface area contributed by atoms with Gasteiger partial charge in [0, 0.05) is 12.1 Å². The molecule has 1 aromatic carbocycles. The first kappa shape index (κ1) is 16.2. The van der Waals surface area contributed by atoms with Crippen LogP contribution in [0.15, 0.2) is 28.8 Å². The smallest absolute Gasteiger partial charge is 0.241 e. The zero-order valence-electron chi connectivity index (χ0n) is 13.2. The average molecular weight is 302 g/mol. The molecular weight excluding hydrogens is 280 g/mol. The molecule has 0 aliphatic carbocycles. The van der Waals surface area contributed by atoms with Crippen molar-refractivity contribution in [3.8, 4) is 11.4 Å². The second kappa shape index (κ2) is 7.17. The summed E-state index contributed by atoms with van der Waals surface area (Å²) in [5.41, 5.74) is 7.37. The Kier molecular flexibility index (Phi) is 5.27. The number of benzene rings is 1. The van der Waals surface area contributed by atoms with Crippen LogP contribution in [0.1, 0.15) is 25.3 Å². The van der Waals surface area contributed by atoms with E-state index >= 15 is 0 Å². The molecule has 1 amide bonds. The molecule has 6 heteroatoms. The zero-order valence-corrected chi connectivity index (χ0v) is 13.2. The van der Waals surface area contributed by atoms with E-state index in [-0.39, 0.29) is 12.5 Å². The Labute approximate surface area is 130 Å². The lowest BCUT2D eigenvalue weighted by atomic mass is 10.1. The number of primary amides is 1. The molecule has 0 bridgehead atoms. The van der Waals surface area contributed by atoms with Crippen LogP contribution >= 0.6 is 0 Å². The minimum atomic E-state index is -0.362. The van der Waals surface area contributed by atoms with E-state index in [2.05, 4.69) is 24.0 Å². The number of nitrogens with zero attached hydrogens (tertiary/aromatic N) is 3. The van der Waals surface area contributed by atoms with Gasteiger partial charge in [0.25, 0.3) is 0 Å². The largest absolute Gasteiger partial charge is 0.369 e. The summed E-state index contributed by atoms with van der Waals surface area (Å²) in [4.78, 5) is 17.5. The monoisotopic (exact) mass is 302 g/mol. The number of carbonyl (C=O) groups excluding carboxylic acids is 1. The van der Waals surface area contributed by atoms with E-state index in [1.54, 1.807) is 0 Å². The Balaban J connectivity index is 2.09. The van der Waals surface area contributed by atoms with E-state index in [0.717, 1.165) is 12.1 Å². The Bertz CT molecular complexity index is 619. The molecule has 0 radical (unpaired) electrons. The van der Waals surface area contributed by atoms with Gasteiger partial charge in [-0.15, -0.1) is 0 Å². The standard InChI is InChI=1S/C16H22N4O2/c1-11(2)8-20(9-14(17)21)10-15-18-16(19-22-15)13-6-4-12(3)5-7-13/h4-7,11H,8-10H2,1-3H3,(H2,17,21). The summed E-state index contributed by atoms with van der Waals surface area (Å²) in [6.07, 6.45) is 0. The molecule has 0 fully saturated rings. The Morgan fingerprint density at radius 3 is 2.59 bits per heavy atom. The molecule has 0 saturated heterocycles. The molecule has 1 aromatic heterocycles. The Morgan fingerprint density at radius 1 is 1.32 bits per heavy atom. The highest BCUT2D eigenvalue weighted by Gasteiger charge is 2.15. The fourth-order valence-electron chi connectivity index (χ4n) is 2.25. The number of nitrogens with two attached hydrogens (primary N) is 1. The van der Waals surface area contributed by atoms with E-state index in [0.29, 0.717) is 24.2 Å². The molecule has 0 saturated carbocycles. The molecule has 0 aliphatic heterocycles. The molecular formula is C16H22N4O2. The molecule has 22 heavy (non-hydrogen) atoms. The number of carbonyl (C=O) groups is 1. The third kappa shape index (κ3) is 4.66. The summed E-state index contributed by atoms with van der Waals surface area (Å²) in [5, 5.41) is 4.00. The first-order valence-electron chi connectivity index (χ1n) is 7.34. The fourth-order valence-corrected chi connectivity index (χ4v) is 2.25. The van der Waals surface area contributed by atoms with Crippen LogP contribution in [0.3, 0.4) is 0 Å². The van der Waals surface area contributed by atoms with Gasteiger partial charge in [-0.05, 0) is 12.8 Å². The first-order chi connectivity index (χ1) is 10.4. The van der Waals surface area contributed by atoms with Crippen LogP contribution in [0, 0.1) is 12.8 Å². The summed E-state index contributed by atoms with van der Waals surface area (Å²) in [6.45, 7) is 7.53. The SMILES string of the molecule is Cc1ccc(-c2noc(CN(CC(N)=O)CC(C)C)n2)cc1. The van der Waals surface area contributed by atoms with Crippen molar-refractivity contribution in [3.05, 3.63) is 35.7 Å². The molecule has 6 nitrogen and oxygen atoms in total. The minimum absolute atomic E-state index is 0.181. The lowest BCUT2D eigenvalue weighted by Crippen LogP contribution is -2.35. The highest BCUT2D eigenvalue weighted by Crippen LogP contribution is 2.17. The molecule has 2 aromatic rings. The highest BCUT2D eigenvalue weighted by atomic mass is 16.5. The summed E-state index contributed by atoms with van der Waals surface area (Å²) in [7, 11) is 0. The second-order valence-corrected chi connectivity index (χ2v) is 5.91. The van der Waals surface area contributed by atoms with Crippen LogP contribution in [0.2, 0.25) is 0 Å². The van der Waals surface area contributed by atoms with E-state index < -0.39 is 0 Å². The predicted molar refractivity (Wildman–Crippen MR) is 83.8 cm³/mol. The van der Waals surface area contributed by atoms with Gasteiger partial charge in [0.2, 0.25) is 17.6 Å². The van der Waals surface area contributed by atoms with Crippen molar-refractivity contribution in [2.75, 3.05) is 13.1 Å². The lowest BCUT2D eigenvalue weighted by Gasteiger charge is -2.20. The van der Waals surface area contributed by atoms with Gasteiger partial charge in [-0.2, -0.15) is 4.98 Å². The maximum Gasteiger partial charge on any atom is 0.241 e. The summed E-state index contributed by atoms with van der Waals surface area (Å²) in [6, 6.07) is 7.92. The van der Waals surface area contributed by atoms with Gasteiger partial charge in [-0.25, -0.2) is 0 Å². The van der Waals surface area contributed by atoms with Crippen molar-refractivity contribution in [1.29, 1.82) is 0 Å². The molecule has 0 unspecified atom stereocenters. The Hall–Kier alpha value is -2.21. The van der Waals surface area contributed by atoms with Crippen molar-refractivity contribution < 1.29 is 9.32 Å². The van der Waals surface area contributed by atoms with Gasteiger partial charge in [-0.3, -0.25) is 9.69 Å². The first-order valence-corrected chi connectivity index (χ1v) is 7.34. The maximum atomic E-state index is 11.2. The van der Waals surface area contributed by atoms with Crippen LogP contribution in [-0.2, 0) is 11.3 Å². The third-order valence-corrected chi connectivity index (χ3v) is 3.14. The molecule has 0 aliphatic rings. The number of aromatic nitrogens is 2. The van der Waals surface area contributed by atoms with Crippen molar-refractivity contribution in [1.82, 2.24) is 15.0 Å². The van der Waals surface area contributed by atoms with Crippen LogP contribution in [0.5, 0.6) is 0 Å². The van der Waals surface area contributed by atoms with E-state index in [4.69, 9.17) is 10.3 Å². The summed E-state index contributed by atoms with van der Waals surface area (Å²) >= 11 is 0. The fraction of sp³-hybridized carbons (Fsp3) is 0.438. The number of rotatable bonds is 7. The molecule has 1 heterocycles. The van der Waals surface area contributed by atoms with E-state index in [1.165, 1.54) is 5.56 Å². The normalized spacial score (nSPS) is 11.3.